The molecule has 1 aromatic heterocycles. The lowest BCUT2D eigenvalue weighted by Crippen LogP contribution is -2.18. The van der Waals surface area contributed by atoms with Gasteiger partial charge >= 0.3 is 5.69 Å². The van der Waals surface area contributed by atoms with E-state index in [0.717, 1.165) is 15.8 Å². The summed E-state index contributed by atoms with van der Waals surface area (Å²) in [7, 11) is 0. The summed E-state index contributed by atoms with van der Waals surface area (Å²) in [5, 5.41) is 7.36. The van der Waals surface area contributed by atoms with E-state index in [1.807, 2.05) is 48.5 Å². The molecular weight excluding hydrogens is 362 g/mol. The molecule has 3 aromatic rings. The summed E-state index contributed by atoms with van der Waals surface area (Å²) < 4.78 is 2.73. The second-order valence-electron chi connectivity index (χ2n) is 4.76. The molecule has 4 nitrogen and oxygen atoms in total. The quantitative estimate of drug-likeness (QED) is 0.692. The Kier molecular flexibility index (Phi) is 4.80. The number of nitrogens with one attached hydrogen (secondary N) is 1. The van der Waals surface area contributed by atoms with Crippen molar-refractivity contribution in [3.8, 4) is 0 Å². The van der Waals surface area contributed by atoms with Gasteiger partial charge in [-0.25, -0.2) is 9.89 Å². The van der Waals surface area contributed by atoms with Gasteiger partial charge in [-0.1, -0.05) is 76.2 Å². The fraction of sp³-hybridized carbons (Fsp3) is 0.125. The number of aromatic amines is 1. The number of benzene rings is 2. The second kappa shape index (κ2) is 6.98. The number of nitrogens with zero attached hydrogens (tertiary/aromatic N) is 2. The third-order valence-electron chi connectivity index (χ3n) is 3.22. The molecule has 3 rings (SSSR count). The molecule has 0 fully saturated rings. The van der Waals surface area contributed by atoms with Crippen LogP contribution < -0.4 is 5.69 Å². The average molecular weight is 376 g/mol. The van der Waals surface area contributed by atoms with Crippen LogP contribution in [0.15, 0.2) is 69.0 Å². The van der Waals surface area contributed by atoms with Crippen LogP contribution in [0, 0.1) is 0 Å². The maximum Gasteiger partial charge on any atom is 0.344 e. The SMILES string of the molecule is O=c1[nH]nc(SCc2ccccc2Br)n1Cc1ccccc1. The first kappa shape index (κ1) is 15.1. The fourth-order valence-corrected chi connectivity index (χ4v) is 3.64. The number of thioether (sulfide) groups is 1. The molecule has 0 saturated heterocycles. The number of hydrogen-bond donors (Lipinski definition) is 1. The van der Waals surface area contributed by atoms with Crippen LogP contribution in [0.3, 0.4) is 0 Å². The van der Waals surface area contributed by atoms with Gasteiger partial charge in [0.05, 0.1) is 6.54 Å². The first-order chi connectivity index (χ1) is 10.7. The molecule has 0 aliphatic rings. The van der Waals surface area contributed by atoms with Gasteiger partial charge in [0.2, 0.25) is 0 Å². The van der Waals surface area contributed by atoms with Crippen molar-refractivity contribution in [2.75, 3.05) is 0 Å². The highest BCUT2D eigenvalue weighted by atomic mass is 79.9. The summed E-state index contributed by atoms with van der Waals surface area (Å²) in [6.45, 7) is 0.522. The van der Waals surface area contributed by atoms with Gasteiger partial charge in [0.15, 0.2) is 5.16 Å². The van der Waals surface area contributed by atoms with Crippen LogP contribution in [0.1, 0.15) is 11.1 Å². The van der Waals surface area contributed by atoms with Crippen molar-refractivity contribution >= 4 is 27.7 Å². The molecule has 0 saturated carbocycles. The Morgan fingerprint density at radius 2 is 1.82 bits per heavy atom. The van der Waals surface area contributed by atoms with E-state index in [1.165, 1.54) is 5.56 Å². The van der Waals surface area contributed by atoms with Gasteiger partial charge in [-0.05, 0) is 17.2 Å². The predicted molar refractivity (Wildman–Crippen MR) is 92.1 cm³/mol. The molecule has 0 aliphatic carbocycles. The summed E-state index contributed by atoms with van der Waals surface area (Å²) >= 11 is 5.08. The van der Waals surface area contributed by atoms with E-state index >= 15 is 0 Å². The molecule has 0 bridgehead atoms. The zero-order valence-electron chi connectivity index (χ0n) is 11.7. The smallest absolute Gasteiger partial charge is 0.266 e. The summed E-state index contributed by atoms with van der Waals surface area (Å²) in [6.07, 6.45) is 0. The molecule has 0 spiro atoms. The van der Waals surface area contributed by atoms with Crippen molar-refractivity contribution in [2.45, 2.75) is 17.5 Å². The second-order valence-corrected chi connectivity index (χ2v) is 6.56. The Balaban J connectivity index is 1.78. The number of H-pyrrole nitrogens is 1. The summed E-state index contributed by atoms with van der Waals surface area (Å²) in [5.41, 5.74) is 2.07. The standard InChI is InChI=1S/C16H14BrN3OS/c17-14-9-5-4-8-13(14)11-22-16-19-18-15(21)20(16)10-12-6-2-1-3-7-12/h1-9H,10-11H2,(H,18,21). The number of rotatable bonds is 5. The Labute approximate surface area is 140 Å². The van der Waals surface area contributed by atoms with Crippen molar-refractivity contribution < 1.29 is 0 Å². The lowest BCUT2D eigenvalue weighted by Gasteiger charge is -2.06. The molecule has 0 radical (unpaired) electrons. The highest BCUT2D eigenvalue weighted by molar-refractivity contribution is 9.10. The van der Waals surface area contributed by atoms with Gasteiger partial charge in [0.1, 0.15) is 0 Å². The van der Waals surface area contributed by atoms with E-state index in [1.54, 1.807) is 16.3 Å². The van der Waals surface area contributed by atoms with Gasteiger partial charge in [0, 0.05) is 10.2 Å². The molecular formula is C16H14BrN3OS. The Hall–Kier alpha value is -1.79. The topological polar surface area (TPSA) is 50.7 Å². The van der Waals surface area contributed by atoms with Crippen LogP contribution in [-0.2, 0) is 12.3 Å². The minimum Gasteiger partial charge on any atom is -0.266 e. The fourth-order valence-electron chi connectivity index (χ4n) is 2.08. The normalized spacial score (nSPS) is 10.8. The van der Waals surface area contributed by atoms with Crippen molar-refractivity contribution in [3.05, 3.63) is 80.7 Å². The first-order valence-corrected chi connectivity index (χ1v) is 8.57. The van der Waals surface area contributed by atoms with Crippen LogP contribution >= 0.6 is 27.7 Å². The zero-order valence-corrected chi connectivity index (χ0v) is 14.1. The Morgan fingerprint density at radius 1 is 1.09 bits per heavy atom. The minimum atomic E-state index is -0.182. The molecule has 112 valence electrons. The Bertz CT molecular complexity index is 814. The van der Waals surface area contributed by atoms with Gasteiger partial charge < -0.3 is 0 Å². The van der Waals surface area contributed by atoms with Gasteiger partial charge in [-0.3, -0.25) is 4.57 Å². The molecule has 0 unspecified atom stereocenters. The lowest BCUT2D eigenvalue weighted by atomic mass is 10.2. The van der Waals surface area contributed by atoms with Crippen molar-refractivity contribution in [3.63, 3.8) is 0 Å². The highest BCUT2D eigenvalue weighted by Crippen LogP contribution is 2.25. The summed E-state index contributed by atoms with van der Waals surface area (Å²) in [5.74, 6) is 0.751. The summed E-state index contributed by atoms with van der Waals surface area (Å²) in [6, 6.07) is 18.0. The third-order valence-corrected chi connectivity index (χ3v) is 5.02. The number of halogens is 1. The summed E-state index contributed by atoms with van der Waals surface area (Å²) in [4.78, 5) is 11.9. The van der Waals surface area contributed by atoms with Crippen LogP contribution in [-0.4, -0.2) is 14.8 Å². The van der Waals surface area contributed by atoms with E-state index in [-0.39, 0.29) is 5.69 Å². The molecule has 2 aromatic carbocycles. The van der Waals surface area contributed by atoms with Crippen LogP contribution in [0.5, 0.6) is 0 Å². The molecule has 0 atom stereocenters. The van der Waals surface area contributed by atoms with Gasteiger partial charge in [0.25, 0.3) is 0 Å². The molecule has 1 heterocycles. The van der Waals surface area contributed by atoms with Crippen molar-refractivity contribution in [1.82, 2.24) is 14.8 Å². The molecule has 0 aliphatic heterocycles. The average Bonchev–Trinajstić information content (AvgIpc) is 2.88. The monoisotopic (exact) mass is 375 g/mol. The van der Waals surface area contributed by atoms with Crippen molar-refractivity contribution in [2.24, 2.45) is 0 Å². The van der Waals surface area contributed by atoms with Crippen LogP contribution in [0.25, 0.3) is 0 Å². The number of aromatic nitrogens is 3. The van der Waals surface area contributed by atoms with E-state index in [0.29, 0.717) is 11.7 Å². The lowest BCUT2D eigenvalue weighted by molar-refractivity contribution is 0.687. The number of hydrogen-bond acceptors (Lipinski definition) is 3. The highest BCUT2D eigenvalue weighted by Gasteiger charge is 2.10. The first-order valence-electron chi connectivity index (χ1n) is 6.79. The maximum absolute atomic E-state index is 11.9. The van der Waals surface area contributed by atoms with Crippen molar-refractivity contribution in [1.29, 1.82) is 0 Å². The zero-order chi connectivity index (χ0) is 15.4. The van der Waals surface area contributed by atoms with E-state index in [4.69, 9.17) is 0 Å². The van der Waals surface area contributed by atoms with Gasteiger partial charge in [-0.15, -0.1) is 5.10 Å². The minimum absolute atomic E-state index is 0.182. The largest absolute Gasteiger partial charge is 0.344 e. The van der Waals surface area contributed by atoms with Gasteiger partial charge in [-0.2, -0.15) is 0 Å². The van der Waals surface area contributed by atoms with E-state index in [2.05, 4.69) is 32.2 Å². The van der Waals surface area contributed by atoms with E-state index < -0.39 is 0 Å². The maximum atomic E-state index is 11.9. The van der Waals surface area contributed by atoms with Crippen LogP contribution in [0.4, 0.5) is 0 Å². The van der Waals surface area contributed by atoms with E-state index in [9.17, 15) is 4.79 Å². The predicted octanol–water partition coefficient (Wildman–Crippen LogP) is 3.67. The molecule has 1 N–H and O–H groups in total. The molecule has 6 heteroatoms. The Morgan fingerprint density at radius 3 is 2.59 bits per heavy atom. The molecule has 0 amide bonds. The van der Waals surface area contributed by atoms with Crippen LogP contribution in [0.2, 0.25) is 0 Å². The third kappa shape index (κ3) is 3.51. The molecule has 22 heavy (non-hydrogen) atoms.